The van der Waals surface area contributed by atoms with Gasteiger partial charge in [0.25, 0.3) is 5.91 Å². The predicted octanol–water partition coefficient (Wildman–Crippen LogP) is 4.94. The molecule has 0 bridgehead atoms. The van der Waals surface area contributed by atoms with Gasteiger partial charge in [-0.2, -0.15) is 13.2 Å². The molecule has 40 heavy (non-hydrogen) atoms. The van der Waals surface area contributed by atoms with Crippen molar-refractivity contribution < 1.29 is 49.8 Å². The van der Waals surface area contributed by atoms with E-state index >= 15 is 0 Å². The highest BCUT2D eigenvalue weighted by atomic mass is 19.4. The molecule has 0 unspecified atom stereocenters. The third kappa shape index (κ3) is 6.89. The number of nitrogens with zero attached hydrogens (tertiary/aromatic N) is 4. The van der Waals surface area contributed by atoms with Crippen LogP contribution < -0.4 is 15.4 Å². The predicted molar refractivity (Wildman–Crippen MR) is 124 cm³/mol. The Labute approximate surface area is 221 Å². The summed E-state index contributed by atoms with van der Waals surface area (Å²) in [4.78, 5) is 37.5. The summed E-state index contributed by atoms with van der Waals surface area (Å²) in [5.74, 6) is -4.85. The first-order valence-corrected chi connectivity index (χ1v) is 11.6. The van der Waals surface area contributed by atoms with Gasteiger partial charge in [-0.15, -0.1) is 13.2 Å². The maximum atomic E-state index is 13.6. The van der Waals surface area contributed by atoms with E-state index in [2.05, 4.69) is 30.3 Å². The number of hydrogen-bond acceptors (Lipinski definition) is 9. The first kappa shape index (κ1) is 28.4. The van der Waals surface area contributed by atoms with Crippen molar-refractivity contribution in [3.63, 3.8) is 0 Å². The van der Waals surface area contributed by atoms with Crippen LogP contribution in [0.1, 0.15) is 29.6 Å². The Kier molecular flexibility index (Phi) is 8.01. The van der Waals surface area contributed by atoms with Gasteiger partial charge in [-0.1, -0.05) is 12.1 Å². The number of likely N-dealkylation sites (tertiary alicyclic amines) is 1. The number of carbonyl (C=O) groups is 2. The third-order valence-corrected chi connectivity index (χ3v) is 5.40. The van der Waals surface area contributed by atoms with Crippen molar-refractivity contribution >= 4 is 23.6 Å². The average Bonchev–Trinajstić information content (AvgIpc) is 3.53. The summed E-state index contributed by atoms with van der Waals surface area (Å²) < 4.78 is 92.6. The second kappa shape index (κ2) is 11.3. The van der Waals surface area contributed by atoms with E-state index in [9.17, 15) is 35.9 Å². The second-order valence-electron chi connectivity index (χ2n) is 8.26. The summed E-state index contributed by atoms with van der Waals surface area (Å²) in [6.07, 6.45) is -7.98. The van der Waals surface area contributed by atoms with E-state index in [0.717, 1.165) is 30.6 Å². The zero-order chi connectivity index (χ0) is 29.1. The molecule has 214 valence electrons. The molecule has 1 atom stereocenters. The number of halogens is 6. The smallest absolute Gasteiger partial charge is 0.450 e. The summed E-state index contributed by atoms with van der Waals surface area (Å²) in [5, 5.41) is 5.15. The highest BCUT2D eigenvalue weighted by Crippen LogP contribution is 2.39. The van der Waals surface area contributed by atoms with Crippen LogP contribution in [0.15, 0.2) is 41.1 Å². The van der Waals surface area contributed by atoms with E-state index in [1.54, 1.807) is 6.92 Å². The van der Waals surface area contributed by atoms with Gasteiger partial charge in [0, 0.05) is 19.1 Å². The van der Waals surface area contributed by atoms with Crippen molar-refractivity contribution in [2.45, 2.75) is 31.9 Å². The highest BCUT2D eigenvalue weighted by molar-refractivity contribution is 6.03. The highest BCUT2D eigenvalue weighted by Gasteiger charge is 2.42. The summed E-state index contributed by atoms with van der Waals surface area (Å²) in [5.41, 5.74) is -1.89. The normalized spacial score (nSPS) is 15.6. The van der Waals surface area contributed by atoms with E-state index in [1.807, 2.05) is 0 Å². The molecule has 1 fully saturated rings. The monoisotopic (exact) mass is 574 g/mol. The van der Waals surface area contributed by atoms with E-state index in [0.29, 0.717) is 19.5 Å². The standard InChI is InChI=1S/C23H20F6N6O5/c1-2-38-21(37)35-8-7-12(11-35)33-20-30-9-13(10-31-20)32-18(36)16-17(22(24,25)26)39-19(34-16)14-5-3-4-6-15(14)40-23(27,28)29/h3-6,9-10,12H,2,7-8,11H2,1H3,(H,32,36)(H,30,31,33)/t12-/m0/s1. The lowest BCUT2D eigenvalue weighted by atomic mass is 10.2. The van der Waals surface area contributed by atoms with Crippen molar-refractivity contribution in [1.82, 2.24) is 19.9 Å². The molecule has 1 aliphatic heterocycles. The fraction of sp³-hybridized carbons (Fsp3) is 0.348. The van der Waals surface area contributed by atoms with E-state index in [4.69, 9.17) is 9.15 Å². The molecule has 1 saturated heterocycles. The number of nitrogens with one attached hydrogen (secondary N) is 2. The molecule has 2 N–H and O–H groups in total. The maximum absolute atomic E-state index is 13.6. The van der Waals surface area contributed by atoms with Crippen LogP contribution in [-0.2, 0) is 10.9 Å². The molecule has 4 rings (SSSR count). The third-order valence-electron chi connectivity index (χ3n) is 5.40. The van der Waals surface area contributed by atoms with Crippen LogP contribution in [0, 0.1) is 0 Å². The molecule has 2 amide bonds. The SMILES string of the molecule is CCOC(=O)N1CC[C@H](Nc2ncc(NC(=O)c3nc(-c4ccccc4OC(F)(F)F)oc3C(F)(F)F)cn2)C1. The van der Waals surface area contributed by atoms with Gasteiger partial charge in [0.15, 0.2) is 5.69 Å². The van der Waals surface area contributed by atoms with Gasteiger partial charge in [0.05, 0.1) is 30.3 Å². The van der Waals surface area contributed by atoms with Crippen LogP contribution in [0.25, 0.3) is 11.5 Å². The molecule has 3 aromatic rings. The number of para-hydroxylation sites is 1. The van der Waals surface area contributed by atoms with Crippen molar-refractivity contribution in [3.05, 3.63) is 48.1 Å². The van der Waals surface area contributed by atoms with Gasteiger partial charge in [0.1, 0.15) is 5.75 Å². The number of benzene rings is 1. The van der Waals surface area contributed by atoms with Crippen LogP contribution in [0.5, 0.6) is 5.75 Å². The Morgan fingerprint density at radius 2 is 1.82 bits per heavy atom. The van der Waals surface area contributed by atoms with Crippen LogP contribution in [0.3, 0.4) is 0 Å². The van der Waals surface area contributed by atoms with Gasteiger partial charge in [-0.3, -0.25) is 4.79 Å². The fourth-order valence-corrected chi connectivity index (χ4v) is 3.74. The molecule has 0 radical (unpaired) electrons. The van der Waals surface area contributed by atoms with Gasteiger partial charge in [-0.05, 0) is 25.5 Å². The number of amides is 2. The van der Waals surface area contributed by atoms with E-state index < -0.39 is 53.2 Å². The van der Waals surface area contributed by atoms with Crippen molar-refractivity contribution in [2.75, 3.05) is 30.3 Å². The number of hydrogen-bond donors (Lipinski definition) is 2. The number of carbonyl (C=O) groups excluding carboxylic acids is 2. The topological polar surface area (TPSA) is 132 Å². The zero-order valence-electron chi connectivity index (χ0n) is 20.5. The fourth-order valence-electron chi connectivity index (χ4n) is 3.74. The number of rotatable bonds is 7. The van der Waals surface area contributed by atoms with Gasteiger partial charge >= 0.3 is 18.6 Å². The van der Waals surface area contributed by atoms with Gasteiger partial charge in [0.2, 0.25) is 17.6 Å². The molecule has 1 aromatic carbocycles. The van der Waals surface area contributed by atoms with Crippen LogP contribution in [0.2, 0.25) is 0 Å². The van der Waals surface area contributed by atoms with E-state index in [-0.39, 0.29) is 24.3 Å². The minimum atomic E-state index is -5.21. The molecule has 11 nitrogen and oxygen atoms in total. The molecule has 1 aliphatic rings. The lowest BCUT2D eigenvalue weighted by Gasteiger charge is -2.16. The number of aromatic nitrogens is 3. The van der Waals surface area contributed by atoms with Crippen LogP contribution in [-0.4, -0.2) is 64.0 Å². The number of ether oxygens (including phenoxy) is 2. The lowest BCUT2D eigenvalue weighted by Crippen LogP contribution is -2.32. The summed E-state index contributed by atoms with van der Waals surface area (Å²) >= 11 is 0. The van der Waals surface area contributed by atoms with Crippen molar-refractivity contribution in [1.29, 1.82) is 0 Å². The van der Waals surface area contributed by atoms with Crippen molar-refractivity contribution in [3.8, 4) is 17.2 Å². The van der Waals surface area contributed by atoms with Crippen LogP contribution >= 0.6 is 0 Å². The summed E-state index contributed by atoms with van der Waals surface area (Å²) in [6.45, 7) is 2.73. The molecule has 3 heterocycles. The maximum Gasteiger partial charge on any atom is 0.573 e. The van der Waals surface area contributed by atoms with Crippen molar-refractivity contribution in [2.24, 2.45) is 0 Å². The molecule has 0 spiro atoms. The molecule has 2 aromatic heterocycles. The number of oxazole rings is 1. The minimum absolute atomic E-state index is 0.103. The number of anilines is 2. The Morgan fingerprint density at radius 1 is 1.12 bits per heavy atom. The minimum Gasteiger partial charge on any atom is -0.450 e. The zero-order valence-corrected chi connectivity index (χ0v) is 20.5. The lowest BCUT2D eigenvalue weighted by molar-refractivity contribution is -0.274. The first-order chi connectivity index (χ1) is 18.8. The largest absolute Gasteiger partial charge is 0.573 e. The molecular weight excluding hydrogens is 554 g/mol. The Balaban J connectivity index is 1.49. The Bertz CT molecular complexity index is 1360. The Hall–Kier alpha value is -4.57. The van der Waals surface area contributed by atoms with E-state index in [1.165, 1.54) is 11.0 Å². The number of alkyl halides is 6. The molecule has 0 saturated carbocycles. The molecular formula is C23H20F6N6O5. The molecule has 0 aliphatic carbocycles. The summed E-state index contributed by atoms with van der Waals surface area (Å²) in [6, 6.07) is 4.05. The van der Waals surface area contributed by atoms with Gasteiger partial charge < -0.3 is 29.4 Å². The average molecular weight is 574 g/mol. The second-order valence-corrected chi connectivity index (χ2v) is 8.26. The quantitative estimate of drug-likeness (QED) is 0.377. The first-order valence-electron chi connectivity index (χ1n) is 11.6. The molecule has 17 heteroatoms. The Morgan fingerprint density at radius 3 is 2.48 bits per heavy atom. The summed E-state index contributed by atoms with van der Waals surface area (Å²) in [7, 11) is 0. The van der Waals surface area contributed by atoms with Gasteiger partial charge in [-0.25, -0.2) is 19.7 Å². The van der Waals surface area contributed by atoms with Crippen LogP contribution in [0.4, 0.5) is 42.8 Å².